The quantitative estimate of drug-likeness (QED) is 0.404. The van der Waals surface area contributed by atoms with Crippen LogP contribution in [0.2, 0.25) is 0 Å². The van der Waals surface area contributed by atoms with Crippen molar-refractivity contribution in [3.8, 4) is 12.3 Å². The number of rotatable bonds is 8. The minimum atomic E-state index is -2.89. The van der Waals surface area contributed by atoms with Crippen LogP contribution in [0.3, 0.4) is 0 Å². The fourth-order valence-electron chi connectivity index (χ4n) is 1.38. The highest BCUT2D eigenvalue weighted by molar-refractivity contribution is 5.00. The fourth-order valence-corrected chi connectivity index (χ4v) is 1.38. The Bertz CT molecular complexity index is 168. The van der Waals surface area contributed by atoms with E-state index in [9.17, 15) is 8.78 Å². The predicted octanol–water partition coefficient (Wildman–Crippen LogP) is 4.40. The van der Waals surface area contributed by atoms with E-state index in [0.717, 1.165) is 19.3 Å². The third kappa shape index (κ3) is 8.04. The molecule has 0 unspecified atom stereocenters. The van der Waals surface area contributed by atoms with E-state index in [0.29, 0.717) is 6.42 Å². The van der Waals surface area contributed by atoms with Crippen LogP contribution in [0.25, 0.3) is 0 Å². The molecule has 0 aromatic rings. The molecule has 0 aromatic carbocycles. The molecule has 0 fully saturated rings. The normalized spacial score (nSPS) is 11.3. The third-order valence-electron chi connectivity index (χ3n) is 2.31. The number of hydrogen-bond donors (Lipinski definition) is 0. The molecule has 0 aliphatic rings. The van der Waals surface area contributed by atoms with Gasteiger partial charge < -0.3 is 0 Å². The van der Waals surface area contributed by atoms with Crippen molar-refractivity contribution in [2.24, 2.45) is 0 Å². The summed E-state index contributed by atoms with van der Waals surface area (Å²) in [7, 11) is 0. The lowest BCUT2D eigenvalue weighted by Crippen LogP contribution is -2.11. The monoisotopic (exact) mass is 202 g/mol. The number of alkyl halides is 2. The van der Waals surface area contributed by atoms with Crippen molar-refractivity contribution in [3.63, 3.8) is 0 Å². The van der Waals surface area contributed by atoms with Crippen LogP contribution in [0.15, 0.2) is 0 Å². The van der Waals surface area contributed by atoms with Crippen LogP contribution >= 0.6 is 0 Å². The standard InChI is InChI=1S/C12H20F2/c1-3-5-6-7-8-9-10-11-12(13,14)4-2/h2H,3,5-11H2,1H3. The van der Waals surface area contributed by atoms with E-state index < -0.39 is 5.92 Å². The largest absolute Gasteiger partial charge is 0.307 e. The van der Waals surface area contributed by atoms with Gasteiger partial charge in [-0.1, -0.05) is 45.4 Å². The van der Waals surface area contributed by atoms with Crippen LogP contribution in [0.5, 0.6) is 0 Å². The molecule has 0 amide bonds. The second-order valence-electron chi connectivity index (χ2n) is 3.72. The number of unbranched alkanes of at least 4 members (excludes halogenated alkanes) is 6. The summed E-state index contributed by atoms with van der Waals surface area (Å²) in [6.07, 6.45) is 11.9. The maximum absolute atomic E-state index is 12.5. The van der Waals surface area contributed by atoms with Crippen molar-refractivity contribution in [2.45, 2.75) is 64.2 Å². The summed E-state index contributed by atoms with van der Waals surface area (Å²) in [5.74, 6) is -1.37. The Morgan fingerprint density at radius 1 is 1.00 bits per heavy atom. The Morgan fingerprint density at radius 2 is 1.50 bits per heavy atom. The molecule has 0 atom stereocenters. The van der Waals surface area contributed by atoms with Gasteiger partial charge in [-0.25, -0.2) is 0 Å². The van der Waals surface area contributed by atoms with E-state index in [4.69, 9.17) is 0 Å². The molecule has 2 heteroatoms. The van der Waals surface area contributed by atoms with Crippen molar-refractivity contribution >= 4 is 0 Å². The Balaban J connectivity index is 3.18. The van der Waals surface area contributed by atoms with Crippen molar-refractivity contribution in [2.75, 3.05) is 0 Å². The molecule has 0 saturated carbocycles. The molecular formula is C12H20F2. The Labute approximate surface area is 86.1 Å². The van der Waals surface area contributed by atoms with Gasteiger partial charge in [0.2, 0.25) is 0 Å². The van der Waals surface area contributed by atoms with E-state index in [2.05, 4.69) is 13.3 Å². The van der Waals surface area contributed by atoms with E-state index in [-0.39, 0.29) is 6.42 Å². The first-order valence-corrected chi connectivity index (χ1v) is 5.48. The molecule has 0 bridgehead atoms. The first-order chi connectivity index (χ1) is 6.62. The molecule has 0 aliphatic heterocycles. The average molecular weight is 202 g/mol. The molecule has 0 saturated heterocycles. The molecule has 0 N–H and O–H groups in total. The van der Waals surface area contributed by atoms with Gasteiger partial charge in [0, 0.05) is 6.42 Å². The predicted molar refractivity (Wildman–Crippen MR) is 56.4 cm³/mol. The molecule has 0 rings (SSSR count). The lowest BCUT2D eigenvalue weighted by Gasteiger charge is -2.08. The first-order valence-electron chi connectivity index (χ1n) is 5.48. The van der Waals surface area contributed by atoms with Gasteiger partial charge in [-0.3, -0.25) is 0 Å². The zero-order valence-corrected chi connectivity index (χ0v) is 8.99. The molecular weight excluding hydrogens is 182 g/mol. The highest BCUT2D eigenvalue weighted by Gasteiger charge is 2.23. The van der Waals surface area contributed by atoms with Crippen LogP contribution in [0, 0.1) is 12.3 Å². The maximum Gasteiger partial charge on any atom is 0.307 e. The highest BCUT2D eigenvalue weighted by atomic mass is 19.3. The second kappa shape index (κ2) is 7.79. The Morgan fingerprint density at radius 3 is 2.00 bits per heavy atom. The molecule has 0 aliphatic carbocycles. The molecule has 0 radical (unpaired) electrons. The number of halogens is 2. The van der Waals surface area contributed by atoms with E-state index >= 15 is 0 Å². The summed E-state index contributed by atoms with van der Waals surface area (Å²) in [6, 6.07) is 0. The van der Waals surface area contributed by atoms with E-state index in [1.165, 1.54) is 25.2 Å². The molecule has 82 valence electrons. The van der Waals surface area contributed by atoms with Crippen molar-refractivity contribution in [1.82, 2.24) is 0 Å². The first kappa shape index (κ1) is 13.4. The molecule has 0 nitrogen and oxygen atoms in total. The van der Waals surface area contributed by atoms with Crippen LogP contribution in [-0.4, -0.2) is 5.92 Å². The van der Waals surface area contributed by atoms with Crippen LogP contribution in [0.1, 0.15) is 58.3 Å². The van der Waals surface area contributed by atoms with Gasteiger partial charge in [-0.15, -0.1) is 6.42 Å². The van der Waals surface area contributed by atoms with Crippen LogP contribution in [-0.2, 0) is 0 Å². The highest BCUT2D eigenvalue weighted by Crippen LogP contribution is 2.20. The van der Waals surface area contributed by atoms with Gasteiger partial charge in [0.1, 0.15) is 0 Å². The van der Waals surface area contributed by atoms with Gasteiger partial charge in [0.25, 0.3) is 0 Å². The Hall–Kier alpha value is -0.580. The van der Waals surface area contributed by atoms with Gasteiger partial charge in [-0.05, 0) is 12.3 Å². The zero-order valence-electron chi connectivity index (χ0n) is 8.99. The summed E-state index contributed by atoms with van der Waals surface area (Å²) >= 11 is 0. The van der Waals surface area contributed by atoms with Crippen molar-refractivity contribution in [1.29, 1.82) is 0 Å². The topological polar surface area (TPSA) is 0 Å². The maximum atomic E-state index is 12.5. The molecule has 14 heavy (non-hydrogen) atoms. The smallest absolute Gasteiger partial charge is 0.192 e. The summed E-state index contributed by atoms with van der Waals surface area (Å²) < 4.78 is 25.1. The van der Waals surface area contributed by atoms with Gasteiger partial charge >= 0.3 is 5.92 Å². The summed E-state index contributed by atoms with van der Waals surface area (Å²) in [4.78, 5) is 0. The van der Waals surface area contributed by atoms with Crippen LogP contribution in [0.4, 0.5) is 8.78 Å². The van der Waals surface area contributed by atoms with Crippen molar-refractivity contribution < 1.29 is 8.78 Å². The fraction of sp³-hybridized carbons (Fsp3) is 0.833. The number of terminal acetylenes is 1. The minimum absolute atomic E-state index is 0.155. The summed E-state index contributed by atoms with van der Waals surface area (Å²) in [5, 5.41) is 0. The zero-order chi connectivity index (χ0) is 10.9. The second-order valence-corrected chi connectivity index (χ2v) is 3.72. The van der Waals surface area contributed by atoms with Gasteiger partial charge in [-0.2, -0.15) is 8.78 Å². The van der Waals surface area contributed by atoms with Crippen molar-refractivity contribution in [3.05, 3.63) is 0 Å². The lowest BCUT2D eigenvalue weighted by atomic mass is 10.1. The lowest BCUT2D eigenvalue weighted by molar-refractivity contribution is 0.0538. The van der Waals surface area contributed by atoms with E-state index in [1.807, 2.05) is 0 Å². The molecule has 0 heterocycles. The SMILES string of the molecule is C#CC(F)(F)CCCCCCCCC. The van der Waals surface area contributed by atoms with Gasteiger partial charge in [0.05, 0.1) is 0 Å². The summed E-state index contributed by atoms with van der Waals surface area (Å²) in [6.45, 7) is 2.16. The third-order valence-corrected chi connectivity index (χ3v) is 2.31. The molecule has 0 spiro atoms. The minimum Gasteiger partial charge on any atom is -0.192 e. The summed E-state index contributed by atoms with van der Waals surface area (Å²) in [5.41, 5.74) is 0. The number of hydrogen-bond acceptors (Lipinski definition) is 0. The average Bonchev–Trinajstić information content (AvgIpc) is 2.16. The molecule has 0 aromatic heterocycles. The Kier molecular flexibility index (Phi) is 7.47. The van der Waals surface area contributed by atoms with Crippen LogP contribution < -0.4 is 0 Å². The van der Waals surface area contributed by atoms with Gasteiger partial charge in [0.15, 0.2) is 0 Å². The van der Waals surface area contributed by atoms with E-state index in [1.54, 1.807) is 0 Å².